The second-order valence-corrected chi connectivity index (χ2v) is 3.13. The lowest BCUT2D eigenvalue weighted by Gasteiger charge is -2.07. The zero-order chi connectivity index (χ0) is 10.5. The SMILES string of the molecule is COc1cccc(Nc2[c]cccc2)c1. The van der Waals surface area contributed by atoms with Crippen LogP contribution in [0.25, 0.3) is 0 Å². The van der Waals surface area contributed by atoms with E-state index in [0.29, 0.717) is 0 Å². The van der Waals surface area contributed by atoms with Crippen LogP contribution in [0.2, 0.25) is 0 Å². The van der Waals surface area contributed by atoms with Crippen molar-refractivity contribution in [3.63, 3.8) is 0 Å². The van der Waals surface area contributed by atoms with E-state index in [0.717, 1.165) is 17.1 Å². The highest BCUT2D eigenvalue weighted by Crippen LogP contribution is 2.20. The molecule has 0 aliphatic heterocycles. The van der Waals surface area contributed by atoms with Crippen LogP contribution in [0.3, 0.4) is 0 Å². The number of methoxy groups -OCH3 is 1. The molecular weight excluding hydrogens is 186 g/mol. The Morgan fingerprint density at radius 1 is 1.13 bits per heavy atom. The third kappa shape index (κ3) is 2.50. The molecule has 0 amide bonds. The summed E-state index contributed by atoms with van der Waals surface area (Å²) in [5, 5.41) is 3.24. The van der Waals surface area contributed by atoms with Gasteiger partial charge in [0, 0.05) is 23.5 Å². The summed E-state index contributed by atoms with van der Waals surface area (Å²) in [7, 11) is 1.66. The minimum Gasteiger partial charge on any atom is -0.497 e. The van der Waals surface area contributed by atoms with Crippen molar-refractivity contribution >= 4 is 11.4 Å². The van der Waals surface area contributed by atoms with Crippen LogP contribution in [0.1, 0.15) is 0 Å². The van der Waals surface area contributed by atoms with Crippen molar-refractivity contribution < 1.29 is 4.74 Å². The van der Waals surface area contributed by atoms with Gasteiger partial charge in [-0.3, -0.25) is 0 Å². The molecule has 15 heavy (non-hydrogen) atoms. The summed E-state index contributed by atoms with van der Waals surface area (Å²) in [6, 6.07) is 18.7. The normalized spacial score (nSPS) is 9.67. The Morgan fingerprint density at radius 3 is 2.80 bits per heavy atom. The maximum absolute atomic E-state index is 5.14. The standard InChI is InChI=1S/C13H12NO/c1-15-13-9-5-8-12(10-13)14-11-6-3-2-4-7-11/h2-6,8-10,14H,1H3. The molecule has 2 aromatic carbocycles. The van der Waals surface area contributed by atoms with Gasteiger partial charge in [-0.2, -0.15) is 0 Å². The van der Waals surface area contributed by atoms with Crippen LogP contribution >= 0.6 is 0 Å². The van der Waals surface area contributed by atoms with Crippen LogP contribution in [-0.4, -0.2) is 7.11 Å². The number of rotatable bonds is 3. The molecule has 2 rings (SSSR count). The first-order valence-corrected chi connectivity index (χ1v) is 4.76. The van der Waals surface area contributed by atoms with Gasteiger partial charge in [0.05, 0.1) is 7.11 Å². The summed E-state index contributed by atoms with van der Waals surface area (Å²) < 4.78 is 5.14. The second-order valence-electron chi connectivity index (χ2n) is 3.13. The van der Waals surface area contributed by atoms with E-state index in [9.17, 15) is 0 Å². The quantitative estimate of drug-likeness (QED) is 0.817. The van der Waals surface area contributed by atoms with Crippen molar-refractivity contribution in [3.05, 3.63) is 54.6 Å². The largest absolute Gasteiger partial charge is 0.497 e. The molecule has 0 atom stereocenters. The van der Waals surface area contributed by atoms with Crippen molar-refractivity contribution in [1.29, 1.82) is 0 Å². The van der Waals surface area contributed by atoms with Gasteiger partial charge in [0.1, 0.15) is 5.75 Å². The van der Waals surface area contributed by atoms with E-state index in [1.54, 1.807) is 7.11 Å². The molecule has 0 aliphatic carbocycles. The molecule has 1 N–H and O–H groups in total. The monoisotopic (exact) mass is 198 g/mol. The lowest BCUT2D eigenvalue weighted by Crippen LogP contribution is -1.90. The van der Waals surface area contributed by atoms with Crippen molar-refractivity contribution in [1.82, 2.24) is 0 Å². The minimum absolute atomic E-state index is 0.843. The summed E-state index contributed by atoms with van der Waals surface area (Å²) >= 11 is 0. The van der Waals surface area contributed by atoms with Gasteiger partial charge in [-0.05, 0) is 18.2 Å². The second kappa shape index (κ2) is 4.51. The molecule has 0 spiro atoms. The van der Waals surface area contributed by atoms with Crippen LogP contribution in [0, 0.1) is 6.07 Å². The zero-order valence-corrected chi connectivity index (χ0v) is 8.53. The molecule has 0 aliphatic rings. The van der Waals surface area contributed by atoms with Crippen molar-refractivity contribution in [2.75, 3.05) is 12.4 Å². The van der Waals surface area contributed by atoms with E-state index in [2.05, 4.69) is 11.4 Å². The molecule has 0 heterocycles. The number of ether oxygens (including phenoxy) is 1. The minimum atomic E-state index is 0.843. The molecule has 2 nitrogen and oxygen atoms in total. The topological polar surface area (TPSA) is 21.3 Å². The molecule has 2 aromatic rings. The number of hydrogen-bond donors (Lipinski definition) is 1. The third-order valence-corrected chi connectivity index (χ3v) is 2.06. The van der Waals surface area contributed by atoms with Gasteiger partial charge in [0.25, 0.3) is 0 Å². The predicted octanol–water partition coefficient (Wildman–Crippen LogP) is 3.24. The number of para-hydroxylation sites is 1. The molecule has 75 valence electrons. The average Bonchev–Trinajstić information content (AvgIpc) is 2.31. The molecule has 2 heteroatoms. The molecule has 0 saturated heterocycles. The van der Waals surface area contributed by atoms with E-state index in [-0.39, 0.29) is 0 Å². The van der Waals surface area contributed by atoms with E-state index in [4.69, 9.17) is 4.74 Å². The Labute approximate surface area is 89.5 Å². The van der Waals surface area contributed by atoms with E-state index < -0.39 is 0 Å². The van der Waals surface area contributed by atoms with Crippen LogP contribution in [0.15, 0.2) is 48.5 Å². The summed E-state index contributed by atoms with van der Waals surface area (Å²) in [5.41, 5.74) is 1.95. The summed E-state index contributed by atoms with van der Waals surface area (Å²) in [5.74, 6) is 0.843. The van der Waals surface area contributed by atoms with Crippen LogP contribution in [0.4, 0.5) is 11.4 Å². The highest BCUT2D eigenvalue weighted by atomic mass is 16.5. The van der Waals surface area contributed by atoms with Gasteiger partial charge >= 0.3 is 0 Å². The number of nitrogens with one attached hydrogen (secondary N) is 1. The fraction of sp³-hybridized carbons (Fsp3) is 0.0769. The van der Waals surface area contributed by atoms with Crippen molar-refractivity contribution in [2.45, 2.75) is 0 Å². The molecule has 0 bridgehead atoms. The molecule has 0 unspecified atom stereocenters. The van der Waals surface area contributed by atoms with Gasteiger partial charge in [0.2, 0.25) is 0 Å². The van der Waals surface area contributed by atoms with Crippen molar-refractivity contribution in [2.24, 2.45) is 0 Å². The smallest absolute Gasteiger partial charge is 0.120 e. The van der Waals surface area contributed by atoms with Crippen LogP contribution < -0.4 is 10.1 Å². The maximum Gasteiger partial charge on any atom is 0.120 e. The van der Waals surface area contributed by atoms with Gasteiger partial charge in [0.15, 0.2) is 0 Å². The fourth-order valence-corrected chi connectivity index (χ4v) is 1.33. The van der Waals surface area contributed by atoms with Crippen LogP contribution in [-0.2, 0) is 0 Å². The Hall–Kier alpha value is -1.96. The number of anilines is 2. The summed E-state index contributed by atoms with van der Waals surface area (Å²) in [6.45, 7) is 0. The highest BCUT2D eigenvalue weighted by molar-refractivity contribution is 5.60. The lowest BCUT2D eigenvalue weighted by atomic mass is 10.2. The first kappa shape index (κ1) is 9.59. The Kier molecular flexibility index (Phi) is 2.88. The van der Waals surface area contributed by atoms with Gasteiger partial charge in [-0.1, -0.05) is 24.3 Å². The lowest BCUT2D eigenvalue weighted by molar-refractivity contribution is 0.415. The van der Waals surface area contributed by atoms with E-state index in [1.807, 2.05) is 48.5 Å². The van der Waals surface area contributed by atoms with Gasteiger partial charge in [-0.15, -0.1) is 0 Å². The average molecular weight is 198 g/mol. The fourth-order valence-electron chi connectivity index (χ4n) is 1.33. The van der Waals surface area contributed by atoms with Crippen LogP contribution in [0.5, 0.6) is 5.75 Å². The van der Waals surface area contributed by atoms with E-state index >= 15 is 0 Å². The third-order valence-electron chi connectivity index (χ3n) is 2.06. The Morgan fingerprint density at radius 2 is 2.07 bits per heavy atom. The number of hydrogen-bond acceptors (Lipinski definition) is 2. The maximum atomic E-state index is 5.14. The molecule has 0 saturated carbocycles. The first-order valence-electron chi connectivity index (χ1n) is 4.76. The number of benzene rings is 2. The summed E-state index contributed by atoms with van der Waals surface area (Å²) in [4.78, 5) is 0. The predicted molar refractivity (Wildman–Crippen MR) is 61.6 cm³/mol. The molecule has 0 fully saturated rings. The Bertz CT molecular complexity index is 426. The molecule has 0 aromatic heterocycles. The molecular formula is C13H12NO. The Balaban J connectivity index is 2.17. The highest BCUT2D eigenvalue weighted by Gasteiger charge is 1.95. The van der Waals surface area contributed by atoms with Crippen molar-refractivity contribution in [3.8, 4) is 5.75 Å². The van der Waals surface area contributed by atoms with Gasteiger partial charge in [-0.25, -0.2) is 0 Å². The first-order chi connectivity index (χ1) is 7.38. The van der Waals surface area contributed by atoms with Gasteiger partial charge < -0.3 is 10.1 Å². The summed E-state index contributed by atoms with van der Waals surface area (Å²) in [6.07, 6.45) is 0. The van der Waals surface area contributed by atoms with E-state index in [1.165, 1.54) is 0 Å². The zero-order valence-electron chi connectivity index (χ0n) is 8.53. The molecule has 1 radical (unpaired) electrons.